The molecule has 1 saturated heterocycles. The number of nitrogens with one attached hydrogen (secondary N) is 1. The lowest BCUT2D eigenvalue weighted by Crippen LogP contribution is -2.35. The second-order valence-corrected chi connectivity index (χ2v) is 6.78. The zero-order valence-electron chi connectivity index (χ0n) is 14.2. The zero-order chi connectivity index (χ0) is 15.2. The van der Waals surface area contributed by atoms with Gasteiger partial charge in [0.1, 0.15) is 5.82 Å². The van der Waals surface area contributed by atoms with E-state index in [0.717, 1.165) is 32.1 Å². The van der Waals surface area contributed by atoms with Gasteiger partial charge in [-0.15, -0.1) is 0 Å². The lowest BCUT2D eigenvalue weighted by atomic mass is 10.00. The quantitative estimate of drug-likeness (QED) is 0.804. The van der Waals surface area contributed by atoms with Gasteiger partial charge in [-0.3, -0.25) is 0 Å². The van der Waals surface area contributed by atoms with Gasteiger partial charge in [-0.25, -0.2) is 4.98 Å². The van der Waals surface area contributed by atoms with Gasteiger partial charge in [-0.05, 0) is 55.3 Å². The van der Waals surface area contributed by atoms with Gasteiger partial charge in [0.05, 0.1) is 0 Å². The molecule has 0 radical (unpaired) electrons. The topological polar surface area (TPSA) is 28.2 Å². The number of hydrogen-bond acceptors (Lipinski definition) is 3. The summed E-state index contributed by atoms with van der Waals surface area (Å²) >= 11 is 0. The van der Waals surface area contributed by atoms with Gasteiger partial charge < -0.3 is 10.2 Å². The third-order valence-electron chi connectivity index (χ3n) is 4.22. The molecule has 3 heteroatoms. The molecule has 2 rings (SSSR count). The molecular weight excluding hydrogens is 258 g/mol. The second kappa shape index (κ2) is 7.79. The highest BCUT2D eigenvalue weighted by Gasteiger charge is 2.19. The van der Waals surface area contributed by atoms with Crippen LogP contribution in [0.5, 0.6) is 0 Å². The van der Waals surface area contributed by atoms with Gasteiger partial charge in [0.2, 0.25) is 0 Å². The van der Waals surface area contributed by atoms with Gasteiger partial charge in [0.25, 0.3) is 0 Å². The number of rotatable bonds is 6. The van der Waals surface area contributed by atoms with Crippen LogP contribution < -0.4 is 10.2 Å². The van der Waals surface area contributed by atoms with E-state index >= 15 is 0 Å². The van der Waals surface area contributed by atoms with Crippen molar-refractivity contribution in [3.8, 4) is 0 Å². The molecule has 0 bridgehead atoms. The number of hydrogen-bond donors (Lipinski definition) is 1. The summed E-state index contributed by atoms with van der Waals surface area (Å²) in [4.78, 5) is 7.39. The van der Waals surface area contributed by atoms with Crippen LogP contribution in [0.25, 0.3) is 0 Å². The molecular formula is C18H31N3. The summed E-state index contributed by atoms with van der Waals surface area (Å²) in [7, 11) is 0. The predicted molar refractivity (Wildman–Crippen MR) is 90.9 cm³/mol. The van der Waals surface area contributed by atoms with E-state index in [4.69, 9.17) is 4.98 Å². The Hall–Kier alpha value is -1.09. The highest BCUT2D eigenvalue weighted by atomic mass is 15.2. The summed E-state index contributed by atoms with van der Waals surface area (Å²) in [5.41, 5.74) is 2.59. The number of aromatic nitrogens is 1. The van der Waals surface area contributed by atoms with Crippen LogP contribution in [0, 0.1) is 5.92 Å². The summed E-state index contributed by atoms with van der Waals surface area (Å²) in [5.74, 6) is 2.45. The first kappa shape index (κ1) is 16.3. The lowest BCUT2D eigenvalue weighted by molar-refractivity contribution is 0.444. The fraction of sp³-hybridized carbons (Fsp3) is 0.722. The van der Waals surface area contributed by atoms with Gasteiger partial charge in [0, 0.05) is 25.3 Å². The molecule has 1 unspecified atom stereocenters. The molecule has 1 N–H and O–H groups in total. The molecule has 1 aliphatic heterocycles. The normalized spacial score (nSPS) is 19.3. The van der Waals surface area contributed by atoms with E-state index < -0.39 is 0 Å². The molecule has 21 heavy (non-hydrogen) atoms. The fourth-order valence-electron chi connectivity index (χ4n) is 2.96. The van der Waals surface area contributed by atoms with Crippen molar-refractivity contribution >= 4 is 5.82 Å². The van der Waals surface area contributed by atoms with Gasteiger partial charge >= 0.3 is 0 Å². The van der Waals surface area contributed by atoms with E-state index in [2.05, 4.69) is 50.0 Å². The minimum Gasteiger partial charge on any atom is -0.356 e. The highest BCUT2D eigenvalue weighted by molar-refractivity contribution is 5.44. The Kier molecular flexibility index (Phi) is 6.04. The van der Waals surface area contributed by atoms with E-state index in [1.807, 2.05) is 0 Å². The molecule has 3 nitrogen and oxygen atoms in total. The molecule has 1 atom stereocenters. The first-order valence-electron chi connectivity index (χ1n) is 8.56. The fourth-order valence-corrected chi connectivity index (χ4v) is 2.96. The SMILES string of the molecule is CCCNCc1cc(C(C)C)nc(N2CCCC(C)C2)c1. The molecule has 1 aromatic rings. The minimum atomic E-state index is 0.483. The van der Waals surface area contributed by atoms with Crippen LogP contribution in [-0.2, 0) is 6.54 Å². The summed E-state index contributed by atoms with van der Waals surface area (Å²) in [6, 6.07) is 4.55. The van der Waals surface area contributed by atoms with Crippen molar-refractivity contribution in [2.24, 2.45) is 5.92 Å². The average Bonchev–Trinajstić information content (AvgIpc) is 2.47. The Bertz CT molecular complexity index is 442. The third-order valence-corrected chi connectivity index (χ3v) is 4.22. The van der Waals surface area contributed by atoms with Crippen LogP contribution >= 0.6 is 0 Å². The molecule has 2 heterocycles. The summed E-state index contributed by atoms with van der Waals surface area (Å²) in [5, 5.41) is 3.51. The molecule has 1 aliphatic rings. The van der Waals surface area contributed by atoms with Crippen molar-refractivity contribution < 1.29 is 0 Å². The van der Waals surface area contributed by atoms with E-state index in [9.17, 15) is 0 Å². The Morgan fingerprint density at radius 3 is 2.86 bits per heavy atom. The van der Waals surface area contributed by atoms with Crippen LogP contribution in [0.15, 0.2) is 12.1 Å². The number of nitrogens with zero attached hydrogens (tertiary/aromatic N) is 2. The van der Waals surface area contributed by atoms with Crippen LogP contribution in [0.4, 0.5) is 5.82 Å². The molecule has 0 aliphatic carbocycles. The van der Waals surface area contributed by atoms with E-state index in [1.165, 1.54) is 36.3 Å². The van der Waals surface area contributed by atoms with Crippen LogP contribution in [0.2, 0.25) is 0 Å². The third kappa shape index (κ3) is 4.70. The van der Waals surface area contributed by atoms with Gasteiger partial charge in [-0.1, -0.05) is 27.7 Å². The molecule has 0 saturated carbocycles. The lowest BCUT2D eigenvalue weighted by Gasteiger charge is -2.32. The van der Waals surface area contributed by atoms with Crippen LogP contribution in [0.1, 0.15) is 64.1 Å². The molecule has 0 spiro atoms. The predicted octanol–water partition coefficient (Wildman–Crippen LogP) is 3.94. The Morgan fingerprint density at radius 1 is 1.38 bits per heavy atom. The van der Waals surface area contributed by atoms with Crippen molar-refractivity contribution in [2.75, 3.05) is 24.5 Å². The number of pyridine rings is 1. The number of piperidine rings is 1. The Labute approximate surface area is 130 Å². The Balaban J connectivity index is 2.18. The largest absolute Gasteiger partial charge is 0.356 e. The van der Waals surface area contributed by atoms with Crippen LogP contribution in [-0.4, -0.2) is 24.6 Å². The van der Waals surface area contributed by atoms with E-state index in [-0.39, 0.29) is 0 Å². The van der Waals surface area contributed by atoms with Crippen molar-refractivity contribution in [2.45, 2.75) is 59.4 Å². The standard InChI is InChI=1S/C18H31N3/c1-5-8-19-12-16-10-17(14(2)3)20-18(11-16)21-9-6-7-15(4)13-21/h10-11,14-15,19H,5-9,12-13H2,1-4H3. The van der Waals surface area contributed by atoms with Crippen molar-refractivity contribution in [1.29, 1.82) is 0 Å². The number of anilines is 1. The van der Waals surface area contributed by atoms with Crippen LogP contribution in [0.3, 0.4) is 0 Å². The van der Waals surface area contributed by atoms with Gasteiger partial charge in [-0.2, -0.15) is 0 Å². The van der Waals surface area contributed by atoms with Crippen molar-refractivity contribution in [1.82, 2.24) is 10.3 Å². The maximum atomic E-state index is 4.92. The monoisotopic (exact) mass is 289 g/mol. The first-order valence-corrected chi connectivity index (χ1v) is 8.56. The van der Waals surface area contributed by atoms with E-state index in [1.54, 1.807) is 0 Å². The zero-order valence-corrected chi connectivity index (χ0v) is 14.2. The summed E-state index contributed by atoms with van der Waals surface area (Å²) in [6.07, 6.45) is 3.82. The maximum absolute atomic E-state index is 4.92. The molecule has 1 aromatic heterocycles. The smallest absolute Gasteiger partial charge is 0.129 e. The maximum Gasteiger partial charge on any atom is 0.129 e. The Morgan fingerprint density at radius 2 is 2.19 bits per heavy atom. The molecule has 0 aromatic carbocycles. The summed E-state index contributed by atoms with van der Waals surface area (Å²) in [6.45, 7) is 13.4. The van der Waals surface area contributed by atoms with Crippen molar-refractivity contribution in [3.63, 3.8) is 0 Å². The second-order valence-electron chi connectivity index (χ2n) is 6.78. The van der Waals surface area contributed by atoms with Crippen molar-refractivity contribution in [3.05, 3.63) is 23.4 Å². The van der Waals surface area contributed by atoms with Gasteiger partial charge in [0.15, 0.2) is 0 Å². The average molecular weight is 289 g/mol. The highest BCUT2D eigenvalue weighted by Crippen LogP contribution is 2.25. The molecule has 118 valence electrons. The summed E-state index contributed by atoms with van der Waals surface area (Å²) < 4.78 is 0. The first-order chi connectivity index (χ1) is 10.1. The minimum absolute atomic E-state index is 0.483. The van der Waals surface area contributed by atoms with E-state index in [0.29, 0.717) is 5.92 Å². The molecule has 0 amide bonds. The molecule has 1 fully saturated rings.